The highest BCUT2D eigenvalue weighted by Gasteiger charge is 2.24. The fourth-order valence-electron chi connectivity index (χ4n) is 4.15. The van der Waals surface area contributed by atoms with Crippen LogP contribution in [-0.2, 0) is 13.2 Å². The van der Waals surface area contributed by atoms with Gasteiger partial charge in [-0.25, -0.2) is 0 Å². The molecule has 0 bridgehead atoms. The van der Waals surface area contributed by atoms with Gasteiger partial charge in [-0.05, 0) is 41.3 Å². The number of amides is 1. The Bertz CT molecular complexity index is 1240. The van der Waals surface area contributed by atoms with Gasteiger partial charge >= 0.3 is 0 Å². The Morgan fingerprint density at radius 1 is 0.879 bits per heavy atom. The van der Waals surface area contributed by atoms with E-state index in [-0.39, 0.29) is 12.5 Å². The lowest BCUT2D eigenvalue weighted by molar-refractivity contribution is 0.0594. The second-order valence-corrected chi connectivity index (χ2v) is 8.66. The van der Waals surface area contributed by atoms with Crippen LogP contribution in [-0.4, -0.2) is 41.9 Å². The average Bonchev–Trinajstić information content (AvgIpc) is 3.33. The van der Waals surface area contributed by atoms with E-state index in [0.29, 0.717) is 24.6 Å². The molecule has 33 heavy (non-hydrogen) atoms. The molecule has 1 saturated heterocycles. The molecular formula is C27H25ClN2O3. The minimum atomic E-state index is -0.0717. The molecule has 1 aliphatic rings. The lowest BCUT2D eigenvalue weighted by atomic mass is 10.1. The van der Waals surface area contributed by atoms with Crippen LogP contribution in [0.15, 0.2) is 83.3 Å². The molecule has 1 fully saturated rings. The second kappa shape index (κ2) is 9.69. The number of carbonyl (C=O) groups is 1. The maximum absolute atomic E-state index is 12.9. The number of nitrogens with zero attached hydrogens (tertiary/aromatic N) is 2. The monoisotopic (exact) mass is 460 g/mol. The summed E-state index contributed by atoms with van der Waals surface area (Å²) in [7, 11) is 0. The third-order valence-corrected chi connectivity index (χ3v) is 6.22. The molecule has 5 rings (SSSR count). The third kappa shape index (κ3) is 5.05. The fourth-order valence-corrected chi connectivity index (χ4v) is 4.28. The SMILES string of the molecule is O=C(c1ccc(COc2cccc3ccccc23)o1)N1CCN(Cc2ccc(Cl)cc2)CC1. The maximum Gasteiger partial charge on any atom is 0.289 e. The standard InChI is InChI=1S/C27H25ClN2O3/c28-22-10-8-20(9-11-22)18-29-14-16-30(17-15-29)27(31)26-13-12-23(33-26)19-32-25-7-3-5-21-4-1-2-6-24(21)25/h1-13H,14-19H2. The van der Waals surface area contributed by atoms with Crippen molar-refractivity contribution in [2.24, 2.45) is 0 Å². The summed E-state index contributed by atoms with van der Waals surface area (Å²) in [4.78, 5) is 17.1. The predicted octanol–water partition coefficient (Wildman–Crippen LogP) is 5.62. The highest BCUT2D eigenvalue weighted by atomic mass is 35.5. The lowest BCUT2D eigenvalue weighted by Gasteiger charge is -2.34. The van der Waals surface area contributed by atoms with Gasteiger partial charge in [0.05, 0.1) is 0 Å². The van der Waals surface area contributed by atoms with E-state index in [1.807, 2.05) is 65.6 Å². The number of hydrogen-bond acceptors (Lipinski definition) is 4. The molecule has 4 aromatic rings. The van der Waals surface area contributed by atoms with Crippen molar-refractivity contribution >= 4 is 28.3 Å². The molecule has 0 unspecified atom stereocenters. The number of fused-ring (bicyclic) bond motifs is 1. The first kappa shape index (κ1) is 21.6. The molecule has 0 saturated carbocycles. The van der Waals surface area contributed by atoms with E-state index in [0.717, 1.165) is 41.2 Å². The molecule has 168 valence electrons. The van der Waals surface area contributed by atoms with E-state index < -0.39 is 0 Å². The molecule has 0 N–H and O–H groups in total. The summed E-state index contributed by atoms with van der Waals surface area (Å²) >= 11 is 5.97. The van der Waals surface area contributed by atoms with Crippen LogP contribution in [0.3, 0.4) is 0 Å². The van der Waals surface area contributed by atoms with Gasteiger partial charge < -0.3 is 14.1 Å². The van der Waals surface area contributed by atoms with Crippen LogP contribution in [0, 0.1) is 0 Å². The van der Waals surface area contributed by atoms with Crippen LogP contribution >= 0.6 is 11.6 Å². The number of benzene rings is 3. The van der Waals surface area contributed by atoms with Crippen LogP contribution in [0.25, 0.3) is 10.8 Å². The van der Waals surface area contributed by atoms with Gasteiger partial charge in [-0.1, -0.05) is 60.1 Å². The van der Waals surface area contributed by atoms with Gasteiger partial charge in [0.15, 0.2) is 5.76 Å². The summed E-state index contributed by atoms with van der Waals surface area (Å²) in [6.45, 7) is 4.13. The number of furan rings is 1. The Labute approximate surface area is 198 Å². The van der Waals surface area contributed by atoms with Crippen molar-refractivity contribution in [3.05, 3.63) is 101 Å². The van der Waals surface area contributed by atoms with Gasteiger partial charge in [0.1, 0.15) is 18.1 Å². The molecule has 0 radical (unpaired) electrons. The van der Waals surface area contributed by atoms with E-state index in [1.54, 1.807) is 6.07 Å². The molecule has 0 atom stereocenters. The molecule has 6 heteroatoms. The highest BCUT2D eigenvalue weighted by molar-refractivity contribution is 6.30. The summed E-state index contributed by atoms with van der Waals surface area (Å²) in [6, 6.07) is 25.5. The van der Waals surface area contributed by atoms with E-state index in [2.05, 4.69) is 17.0 Å². The number of hydrogen-bond donors (Lipinski definition) is 0. The van der Waals surface area contributed by atoms with Crippen LogP contribution in [0.4, 0.5) is 0 Å². The molecule has 0 aliphatic carbocycles. The Hall–Kier alpha value is -3.28. The number of piperazine rings is 1. The molecule has 5 nitrogen and oxygen atoms in total. The van der Waals surface area contributed by atoms with E-state index in [9.17, 15) is 4.79 Å². The van der Waals surface area contributed by atoms with Crippen LogP contribution < -0.4 is 4.74 Å². The zero-order valence-corrected chi connectivity index (χ0v) is 19.0. The van der Waals surface area contributed by atoms with Gasteiger partial charge in [-0.2, -0.15) is 0 Å². The zero-order chi connectivity index (χ0) is 22.6. The zero-order valence-electron chi connectivity index (χ0n) is 18.2. The van der Waals surface area contributed by atoms with Crippen molar-refractivity contribution in [2.75, 3.05) is 26.2 Å². The molecule has 3 aromatic carbocycles. The number of rotatable bonds is 6. The second-order valence-electron chi connectivity index (χ2n) is 8.23. The van der Waals surface area contributed by atoms with Gasteiger partial charge in [-0.15, -0.1) is 0 Å². The highest BCUT2D eigenvalue weighted by Crippen LogP contribution is 2.26. The minimum Gasteiger partial charge on any atom is -0.485 e. The Balaban J connectivity index is 1.15. The first-order chi connectivity index (χ1) is 16.2. The van der Waals surface area contributed by atoms with Crippen molar-refractivity contribution in [1.82, 2.24) is 9.80 Å². The number of ether oxygens (including phenoxy) is 1. The average molecular weight is 461 g/mol. The van der Waals surface area contributed by atoms with Gasteiger partial charge in [0, 0.05) is 43.1 Å². The molecule has 1 amide bonds. The quantitative estimate of drug-likeness (QED) is 0.374. The van der Waals surface area contributed by atoms with Crippen molar-refractivity contribution in [2.45, 2.75) is 13.2 Å². The van der Waals surface area contributed by atoms with E-state index >= 15 is 0 Å². The molecular weight excluding hydrogens is 436 g/mol. The molecule has 0 spiro atoms. The summed E-state index contributed by atoms with van der Waals surface area (Å²) in [6.07, 6.45) is 0. The van der Waals surface area contributed by atoms with Gasteiger partial charge in [-0.3, -0.25) is 9.69 Å². The van der Waals surface area contributed by atoms with Crippen LogP contribution in [0.5, 0.6) is 5.75 Å². The summed E-state index contributed by atoms with van der Waals surface area (Å²) in [5.41, 5.74) is 1.22. The van der Waals surface area contributed by atoms with Crippen molar-refractivity contribution in [1.29, 1.82) is 0 Å². The fraction of sp³-hybridized carbons (Fsp3) is 0.222. The van der Waals surface area contributed by atoms with Gasteiger partial charge in [0.25, 0.3) is 5.91 Å². The van der Waals surface area contributed by atoms with Crippen LogP contribution in [0.2, 0.25) is 5.02 Å². The van der Waals surface area contributed by atoms with Crippen LogP contribution in [0.1, 0.15) is 21.9 Å². The topological polar surface area (TPSA) is 45.9 Å². The minimum absolute atomic E-state index is 0.0717. The Morgan fingerprint density at radius 3 is 2.45 bits per heavy atom. The number of halogens is 1. The normalized spacial score (nSPS) is 14.5. The third-order valence-electron chi connectivity index (χ3n) is 5.97. The largest absolute Gasteiger partial charge is 0.485 e. The lowest BCUT2D eigenvalue weighted by Crippen LogP contribution is -2.48. The maximum atomic E-state index is 12.9. The van der Waals surface area contributed by atoms with Crippen molar-refractivity contribution < 1.29 is 13.9 Å². The smallest absolute Gasteiger partial charge is 0.289 e. The van der Waals surface area contributed by atoms with Crippen molar-refractivity contribution in [3.8, 4) is 5.75 Å². The predicted molar refractivity (Wildman–Crippen MR) is 130 cm³/mol. The molecule has 2 heterocycles. The van der Waals surface area contributed by atoms with Gasteiger partial charge in [0.2, 0.25) is 0 Å². The first-order valence-corrected chi connectivity index (χ1v) is 11.5. The van der Waals surface area contributed by atoms with E-state index in [1.165, 1.54) is 5.56 Å². The molecule has 1 aliphatic heterocycles. The Kier molecular flexibility index (Phi) is 6.33. The Morgan fingerprint density at radius 2 is 1.64 bits per heavy atom. The summed E-state index contributed by atoms with van der Waals surface area (Å²) in [5, 5.41) is 2.93. The summed E-state index contributed by atoms with van der Waals surface area (Å²) < 4.78 is 11.8. The first-order valence-electron chi connectivity index (χ1n) is 11.1. The van der Waals surface area contributed by atoms with E-state index in [4.69, 9.17) is 20.8 Å². The number of carbonyl (C=O) groups excluding carboxylic acids is 1. The summed E-state index contributed by atoms with van der Waals surface area (Å²) in [5.74, 6) is 1.72. The van der Waals surface area contributed by atoms with Crippen molar-refractivity contribution in [3.63, 3.8) is 0 Å². The molecule has 1 aromatic heterocycles.